The Hall–Kier alpha value is -1.22. The molecule has 0 saturated carbocycles. The first kappa shape index (κ1) is 22.0. The predicted molar refractivity (Wildman–Crippen MR) is 139 cm³/mol. The molecule has 2 heterocycles. The van der Waals surface area contributed by atoms with E-state index >= 15 is 0 Å². The fraction of sp³-hybridized carbons (Fsp3) is 0.375. The van der Waals surface area contributed by atoms with E-state index < -0.39 is 14.2 Å². The number of aliphatic hydroxyl groups excluding tert-OH is 1. The molecule has 0 saturated heterocycles. The molecule has 1 aliphatic heterocycles. The second kappa shape index (κ2) is 7.15. The molecule has 1 atom stereocenters. The van der Waals surface area contributed by atoms with E-state index in [0.717, 1.165) is 27.0 Å². The zero-order chi connectivity index (χ0) is 22.1. The zero-order valence-electron chi connectivity index (χ0n) is 18.2. The average Bonchev–Trinajstić information content (AvgIpc) is 3.03. The van der Waals surface area contributed by atoms with Crippen LogP contribution in [0.3, 0.4) is 0 Å². The molecule has 0 spiro atoms. The minimum atomic E-state index is -2.60. The van der Waals surface area contributed by atoms with E-state index in [4.69, 9.17) is 4.99 Å². The number of allylic oxidation sites excluding steroid dienone is 2. The fourth-order valence-electron chi connectivity index (χ4n) is 5.73. The lowest BCUT2D eigenvalue weighted by Crippen LogP contribution is -2.66. The number of hydrogen-bond donors (Lipinski definition) is 2. The van der Waals surface area contributed by atoms with Crippen molar-refractivity contribution in [3.05, 3.63) is 55.4 Å². The highest BCUT2D eigenvalue weighted by molar-refractivity contribution is 14.1. The van der Waals surface area contributed by atoms with Crippen molar-refractivity contribution in [2.24, 2.45) is 4.99 Å². The maximum absolute atomic E-state index is 11.2. The van der Waals surface area contributed by atoms with E-state index in [1.807, 2.05) is 24.3 Å². The lowest BCUT2D eigenvalue weighted by Gasteiger charge is -2.56. The first-order chi connectivity index (χ1) is 13.9. The zero-order valence-corrected chi connectivity index (χ0v) is 22.2. The van der Waals surface area contributed by atoms with E-state index in [0.29, 0.717) is 0 Å². The molecular weight excluding hydrogens is 521 g/mol. The molecule has 4 rings (SSSR count). The van der Waals surface area contributed by atoms with E-state index in [1.165, 1.54) is 8.08 Å². The van der Waals surface area contributed by atoms with Gasteiger partial charge in [-0.25, -0.2) is 4.99 Å². The standard InChI is InChI=1S/C24H28INO2SSi/c1-23(2,3)30(24(4,5)6)19-13-14(27)7-8-15(19)26-16-9-10-17(28)21(22(16)30)18-11-12-20(25)29-18/h7-13,17,27-28H,1-6H3. The molecule has 6 heteroatoms. The molecule has 0 fully saturated rings. The summed E-state index contributed by atoms with van der Waals surface area (Å²) in [5.74, 6) is 0.275. The summed E-state index contributed by atoms with van der Waals surface area (Å²) in [5.41, 5.74) is 2.91. The number of benzene rings is 1. The maximum Gasteiger partial charge on any atom is 0.134 e. The van der Waals surface area contributed by atoms with Crippen LogP contribution >= 0.6 is 33.9 Å². The summed E-state index contributed by atoms with van der Waals surface area (Å²) in [5, 5.41) is 23.9. The lowest BCUT2D eigenvalue weighted by molar-refractivity contribution is 0.280. The van der Waals surface area contributed by atoms with Crippen LogP contribution in [0.4, 0.5) is 5.69 Å². The topological polar surface area (TPSA) is 52.8 Å². The van der Waals surface area contributed by atoms with Crippen LogP contribution in [0.2, 0.25) is 10.1 Å². The highest BCUT2D eigenvalue weighted by Gasteiger charge is 2.61. The van der Waals surface area contributed by atoms with Crippen molar-refractivity contribution < 1.29 is 10.2 Å². The largest absolute Gasteiger partial charge is 0.508 e. The summed E-state index contributed by atoms with van der Waals surface area (Å²) >= 11 is 4.05. The van der Waals surface area contributed by atoms with Gasteiger partial charge in [0.2, 0.25) is 0 Å². The average molecular weight is 550 g/mol. The molecule has 1 aromatic carbocycles. The number of aliphatic hydroxyl groups is 1. The molecule has 1 unspecified atom stereocenters. The summed E-state index contributed by atoms with van der Waals surface area (Å²) in [7, 11) is -2.60. The Morgan fingerprint density at radius 2 is 1.70 bits per heavy atom. The summed E-state index contributed by atoms with van der Waals surface area (Å²) in [6.07, 6.45) is 3.20. The molecule has 2 aliphatic rings. The number of rotatable bonds is 1. The van der Waals surface area contributed by atoms with E-state index in [1.54, 1.807) is 17.4 Å². The maximum atomic E-state index is 11.2. The third-order valence-electron chi connectivity index (χ3n) is 6.35. The van der Waals surface area contributed by atoms with Gasteiger partial charge in [-0.2, -0.15) is 0 Å². The highest BCUT2D eigenvalue weighted by Crippen LogP contribution is 2.59. The van der Waals surface area contributed by atoms with E-state index in [9.17, 15) is 10.2 Å². The predicted octanol–water partition coefficient (Wildman–Crippen LogP) is 6.32. The molecule has 3 nitrogen and oxygen atoms in total. The molecular formula is C24H28INO2SSi. The van der Waals surface area contributed by atoms with Crippen LogP contribution in [0.5, 0.6) is 5.75 Å². The Labute approximate surface area is 197 Å². The number of aromatic hydroxyl groups is 1. The van der Waals surface area contributed by atoms with Crippen LogP contribution < -0.4 is 5.19 Å². The van der Waals surface area contributed by atoms with Crippen molar-refractivity contribution in [3.8, 4) is 5.75 Å². The monoisotopic (exact) mass is 549 g/mol. The SMILES string of the molecule is CC(C)(C)[Si]1(C(C)(C)C)C2=C(c3ccc(I)s3)C(O)C=CC2=Nc2ccc(O)cc21. The second-order valence-corrected chi connectivity index (χ2v) is 18.7. The number of hydrogen-bond acceptors (Lipinski definition) is 4. The quantitative estimate of drug-likeness (QED) is 0.323. The fourth-order valence-corrected chi connectivity index (χ4v) is 15.3. The highest BCUT2D eigenvalue weighted by atomic mass is 127. The van der Waals surface area contributed by atoms with Gasteiger partial charge >= 0.3 is 0 Å². The van der Waals surface area contributed by atoms with Crippen molar-refractivity contribution in [3.63, 3.8) is 0 Å². The third-order valence-corrected chi connectivity index (χ3v) is 15.3. The van der Waals surface area contributed by atoms with Gasteiger partial charge in [0.25, 0.3) is 0 Å². The van der Waals surface area contributed by atoms with Crippen LogP contribution in [0, 0.1) is 2.88 Å². The van der Waals surface area contributed by atoms with Crippen LogP contribution in [0.15, 0.2) is 52.7 Å². The van der Waals surface area contributed by atoms with Gasteiger partial charge in [0.05, 0.1) is 20.4 Å². The lowest BCUT2D eigenvalue weighted by atomic mass is 9.99. The first-order valence-electron chi connectivity index (χ1n) is 10.2. The normalized spacial score (nSPS) is 20.7. The molecule has 158 valence electrons. The summed E-state index contributed by atoms with van der Waals surface area (Å²) in [6.45, 7) is 13.9. The number of aliphatic imine (C=N–C) groups is 1. The molecule has 1 aliphatic carbocycles. The van der Waals surface area contributed by atoms with Crippen LogP contribution in [0.1, 0.15) is 46.4 Å². The van der Waals surface area contributed by atoms with Gasteiger partial charge in [-0.1, -0.05) is 41.5 Å². The smallest absolute Gasteiger partial charge is 0.134 e. The van der Waals surface area contributed by atoms with Crippen LogP contribution in [0.25, 0.3) is 5.57 Å². The second-order valence-electron chi connectivity index (χ2n) is 10.1. The Bertz CT molecular complexity index is 1100. The Balaban J connectivity index is 2.24. The molecule has 0 amide bonds. The van der Waals surface area contributed by atoms with Crippen LogP contribution in [-0.2, 0) is 0 Å². The minimum Gasteiger partial charge on any atom is -0.508 e. The van der Waals surface area contributed by atoms with Gasteiger partial charge in [-0.3, -0.25) is 0 Å². The van der Waals surface area contributed by atoms with Gasteiger partial charge in [-0.15, -0.1) is 11.3 Å². The molecule has 2 aromatic rings. The Morgan fingerprint density at radius 3 is 2.27 bits per heavy atom. The Kier molecular flexibility index (Phi) is 5.24. The van der Waals surface area contributed by atoms with Gasteiger partial charge in [0.1, 0.15) is 13.8 Å². The molecule has 0 radical (unpaired) electrons. The van der Waals surface area contributed by atoms with Crippen LogP contribution in [-0.4, -0.2) is 30.1 Å². The van der Waals surface area contributed by atoms with Crippen molar-refractivity contribution in [2.75, 3.05) is 0 Å². The molecule has 0 bridgehead atoms. The molecule has 2 N–H and O–H groups in total. The summed E-state index contributed by atoms with van der Waals surface area (Å²) in [4.78, 5) is 6.14. The number of fused-ring (bicyclic) bond motifs is 2. The van der Waals surface area contributed by atoms with Gasteiger partial charge in [-0.05, 0) is 85.5 Å². The van der Waals surface area contributed by atoms with Crippen molar-refractivity contribution >= 4 is 64.2 Å². The number of nitrogens with zero attached hydrogens (tertiary/aromatic N) is 1. The van der Waals surface area contributed by atoms with Crippen molar-refractivity contribution in [1.29, 1.82) is 0 Å². The Morgan fingerprint density at radius 1 is 1.03 bits per heavy atom. The summed E-state index contributed by atoms with van der Waals surface area (Å²) in [6, 6.07) is 9.84. The third kappa shape index (κ3) is 3.10. The number of thiophene rings is 1. The minimum absolute atomic E-state index is 0.0785. The molecule has 1 aromatic heterocycles. The number of halogens is 1. The van der Waals surface area contributed by atoms with E-state index in [2.05, 4.69) is 76.3 Å². The summed E-state index contributed by atoms with van der Waals surface area (Å²) < 4.78 is 1.20. The van der Waals surface area contributed by atoms with Crippen molar-refractivity contribution in [1.82, 2.24) is 0 Å². The van der Waals surface area contributed by atoms with E-state index in [-0.39, 0.29) is 15.8 Å². The van der Waals surface area contributed by atoms with Gasteiger partial charge in [0, 0.05) is 10.5 Å². The van der Waals surface area contributed by atoms with Gasteiger partial charge in [0.15, 0.2) is 0 Å². The molecule has 30 heavy (non-hydrogen) atoms. The van der Waals surface area contributed by atoms with Gasteiger partial charge < -0.3 is 10.2 Å². The van der Waals surface area contributed by atoms with Crippen molar-refractivity contribution in [2.45, 2.75) is 57.7 Å². The first-order valence-corrected chi connectivity index (χ1v) is 14.1. The number of phenols is 1. The number of phenolic OH excluding ortho intramolecular Hbond substituents is 1.